The highest BCUT2D eigenvalue weighted by Crippen LogP contribution is 2.29. The highest BCUT2D eigenvalue weighted by molar-refractivity contribution is 5.23. The molecular weight excluding hydrogens is 244 g/mol. The van der Waals surface area contributed by atoms with Crippen molar-refractivity contribution in [1.29, 1.82) is 0 Å². The molecule has 1 aromatic rings. The van der Waals surface area contributed by atoms with Crippen LogP contribution in [-0.4, -0.2) is 29.6 Å². The Labute approximate surface area is 123 Å². The van der Waals surface area contributed by atoms with Gasteiger partial charge in [0.2, 0.25) is 0 Å². The van der Waals surface area contributed by atoms with Crippen molar-refractivity contribution in [3.63, 3.8) is 0 Å². The third-order valence-electron chi connectivity index (χ3n) is 4.89. The molecule has 1 saturated heterocycles. The SMILES string of the molecule is CC1(C)CCCN1Cc1ccc(CCNC2CC2)cc1. The van der Waals surface area contributed by atoms with Crippen LogP contribution in [0, 0.1) is 0 Å². The molecule has 2 heteroatoms. The van der Waals surface area contributed by atoms with Gasteiger partial charge in [0, 0.05) is 18.1 Å². The first kappa shape index (κ1) is 14.1. The van der Waals surface area contributed by atoms with E-state index < -0.39 is 0 Å². The van der Waals surface area contributed by atoms with Crippen LogP contribution in [0.1, 0.15) is 50.7 Å². The first-order valence-electron chi connectivity index (χ1n) is 8.20. The zero-order chi connectivity index (χ0) is 14.0. The zero-order valence-corrected chi connectivity index (χ0v) is 13.0. The van der Waals surface area contributed by atoms with Crippen LogP contribution in [0.5, 0.6) is 0 Å². The second-order valence-electron chi connectivity index (χ2n) is 7.13. The van der Waals surface area contributed by atoms with Crippen LogP contribution in [0.2, 0.25) is 0 Å². The number of nitrogens with zero attached hydrogens (tertiary/aromatic N) is 1. The third kappa shape index (κ3) is 3.62. The van der Waals surface area contributed by atoms with Crippen molar-refractivity contribution in [2.45, 2.75) is 64.1 Å². The molecule has 2 aliphatic rings. The van der Waals surface area contributed by atoms with E-state index in [0.29, 0.717) is 5.54 Å². The van der Waals surface area contributed by atoms with E-state index in [0.717, 1.165) is 25.6 Å². The summed E-state index contributed by atoms with van der Waals surface area (Å²) in [6.45, 7) is 8.23. The van der Waals surface area contributed by atoms with Gasteiger partial charge in [-0.2, -0.15) is 0 Å². The van der Waals surface area contributed by atoms with E-state index in [1.54, 1.807) is 0 Å². The second kappa shape index (κ2) is 5.87. The molecule has 0 amide bonds. The summed E-state index contributed by atoms with van der Waals surface area (Å²) in [4.78, 5) is 2.62. The molecule has 0 radical (unpaired) electrons. The fourth-order valence-corrected chi connectivity index (χ4v) is 3.20. The monoisotopic (exact) mass is 272 g/mol. The summed E-state index contributed by atoms with van der Waals surface area (Å²) < 4.78 is 0. The van der Waals surface area contributed by atoms with E-state index in [1.807, 2.05) is 0 Å². The Morgan fingerprint density at radius 2 is 1.85 bits per heavy atom. The highest BCUT2D eigenvalue weighted by Gasteiger charge is 2.31. The van der Waals surface area contributed by atoms with Gasteiger partial charge >= 0.3 is 0 Å². The molecule has 110 valence electrons. The highest BCUT2D eigenvalue weighted by atomic mass is 15.2. The minimum absolute atomic E-state index is 0.382. The van der Waals surface area contributed by atoms with Gasteiger partial charge in [-0.05, 0) is 70.2 Å². The van der Waals surface area contributed by atoms with Gasteiger partial charge in [-0.3, -0.25) is 4.90 Å². The summed E-state index contributed by atoms with van der Waals surface area (Å²) in [5.74, 6) is 0. The molecule has 2 nitrogen and oxygen atoms in total. The normalized spacial score (nSPS) is 22.3. The average Bonchev–Trinajstić information content (AvgIpc) is 3.18. The lowest BCUT2D eigenvalue weighted by Gasteiger charge is -2.31. The molecule has 20 heavy (non-hydrogen) atoms. The van der Waals surface area contributed by atoms with Gasteiger partial charge in [0.1, 0.15) is 0 Å². The van der Waals surface area contributed by atoms with Crippen molar-refractivity contribution in [3.8, 4) is 0 Å². The Hall–Kier alpha value is -0.860. The predicted molar refractivity (Wildman–Crippen MR) is 84.9 cm³/mol. The number of hydrogen-bond acceptors (Lipinski definition) is 2. The molecule has 0 aromatic heterocycles. The Morgan fingerprint density at radius 3 is 2.45 bits per heavy atom. The number of hydrogen-bond donors (Lipinski definition) is 1. The first-order chi connectivity index (χ1) is 9.63. The van der Waals surface area contributed by atoms with Gasteiger partial charge in [0.25, 0.3) is 0 Å². The molecule has 0 unspecified atom stereocenters. The van der Waals surface area contributed by atoms with E-state index in [2.05, 4.69) is 48.3 Å². The van der Waals surface area contributed by atoms with Gasteiger partial charge in [-0.25, -0.2) is 0 Å². The Morgan fingerprint density at radius 1 is 1.15 bits per heavy atom. The fourth-order valence-electron chi connectivity index (χ4n) is 3.20. The molecule has 1 heterocycles. The van der Waals surface area contributed by atoms with Crippen LogP contribution >= 0.6 is 0 Å². The topological polar surface area (TPSA) is 15.3 Å². The molecule has 1 N–H and O–H groups in total. The van der Waals surface area contributed by atoms with Crippen molar-refractivity contribution < 1.29 is 0 Å². The van der Waals surface area contributed by atoms with Gasteiger partial charge in [0.05, 0.1) is 0 Å². The van der Waals surface area contributed by atoms with Crippen molar-refractivity contribution in [2.75, 3.05) is 13.1 Å². The summed E-state index contributed by atoms with van der Waals surface area (Å²) in [5, 5.41) is 3.58. The summed E-state index contributed by atoms with van der Waals surface area (Å²) in [5.41, 5.74) is 3.30. The Balaban J connectivity index is 1.50. The van der Waals surface area contributed by atoms with Crippen LogP contribution in [0.25, 0.3) is 0 Å². The maximum Gasteiger partial charge on any atom is 0.0239 e. The molecule has 0 atom stereocenters. The minimum atomic E-state index is 0.382. The van der Waals surface area contributed by atoms with E-state index in [4.69, 9.17) is 0 Å². The van der Waals surface area contributed by atoms with Crippen molar-refractivity contribution in [3.05, 3.63) is 35.4 Å². The minimum Gasteiger partial charge on any atom is -0.314 e. The maximum absolute atomic E-state index is 3.58. The van der Waals surface area contributed by atoms with E-state index in [9.17, 15) is 0 Å². The largest absolute Gasteiger partial charge is 0.314 e. The van der Waals surface area contributed by atoms with E-state index in [-0.39, 0.29) is 0 Å². The second-order valence-corrected chi connectivity index (χ2v) is 7.13. The number of benzene rings is 1. The zero-order valence-electron chi connectivity index (χ0n) is 13.0. The van der Waals surface area contributed by atoms with Crippen LogP contribution in [0.4, 0.5) is 0 Å². The first-order valence-corrected chi connectivity index (χ1v) is 8.20. The van der Waals surface area contributed by atoms with E-state index in [1.165, 1.54) is 43.4 Å². The lowest BCUT2D eigenvalue weighted by atomic mass is 10.0. The van der Waals surface area contributed by atoms with Crippen LogP contribution in [0.15, 0.2) is 24.3 Å². The van der Waals surface area contributed by atoms with E-state index >= 15 is 0 Å². The molecule has 1 aliphatic heterocycles. The molecule has 0 spiro atoms. The third-order valence-corrected chi connectivity index (χ3v) is 4.89. The van der Waals surface area contributed by atoms with Crippen molar-refractivity contribution in [1.82, 2.24) is 10.2 Å². The van der Waals surface area contributed by atoms with Crippen LogP contribution in [0.3, 0.4) is 0 Å². The Kier molecular flexibility index (Phi) is 4.13. The average molecular weight is 272 g/mol. The van der Waals surface area contributed by atoms with Crippen LogP contribution < -0.4 is 5.32 Å². The standard InChI is InChI=1S/C18H28N2/c1-18(2)11-3-13-20(18)14-16-6-4-15(5-7-16)10-12-19-17-8-9-17/h4-7,17,19H,3,8-14H2,1-2H3. The lowest BCUT2D eigenvalue weighted by Crippen LogP contribution is -2.37. The van der Waals surface area contributed by atoms with Crippen molar-refractivity contribution >= 4 is 0 Å². The van der Waals surface area contributed by atoms with Crippen LogP contribution in [-0.2, 0) is 13.0 Å². The summed E-state index contributed by atoms with van der Waals surface area (Å²) in [7, 11) is 0. The van der Waals surface area contributed by atoms with Gasteiger partial charge in [0.15, 0.2) is 0 Å². The fraction of sp³-hybridized carbons (Fsp3) is 0.667. The number of rotatable bonds is 6. The molecule has 3 rings (SSSR count). The number of nitrogens with one attached hydrogen (secondary N) is 1. The van der Waals surface area contributed by atoms with Gasteiger partial charge in [-0.15, -0.1) is 0 Å². The summed E-state index contributed by atoms with van der Waals surface area (Å²) >= 11 is 0. The maximum atomic E-state index is 3.58. The quantitative estimate of drug-likeness (QED) is 0.854. The van der Waals surface area contributed by atoms with Crippen molar-refractivity contribution in [2.24, 2.45) is 0 Å². The Bertz CT molecular complexity index is 431. The molecule has 1 aliphatic carbocycles. The van der Waals surface area contributed by atoms with Gasteiger partial charge < -0.3 is 5.32 Å². The molecule has 1 saturated carbocycles. The van der Waals surface area contributed by atoms with Gasteiger partial charge in [-0.1, -0.05) is 24.3 Å². The molecule has 1 aromatic carbocycles. The predicted octanol–water partition coefficient (Wildman–Crippen LogP) is 3.36. The summed E-state index contributed by atoms with van der Waals surface area (Å²) in [6, 6.07) is 10.1. The molecule has 0 bridgehead atoms. The smallest absolute Gasteiger partial charge is 0.0239 e. The lowest BCUT2D eigenvalue weighted by molar-refractivity contribution is 0.166. The molecular formula is C18H28N2. The number of likely N-dealkylation sites (tertiary alicyclic amines) is 1. The molecule has 2 fully saturated rings. The summed E-state index contributed by atoms with van der Waals surface area (Å²) in [6.07, 6.45) is 6.59.